The summed E-state index contributed by atoms with van der Waals surface area (Å²) < 4.78 is 0. The van der Waals surface area contributed by atoms with E-state index in [0.29, 0.717) is 12.1 Å². The molecule has 0 bridgehead atoms. The molecule has 0 saturated heterocycles. The van der Waals surface area contributed by atoms with Crippen molar-refractivity contribution in [3.63, 3.8) is 0 Å². The summed E-state index contributed by atoms with van der Waals surface area (Å²) in [5.74, 6) is -0.0398. The fourth-order valence-electron chi connectivity index (χ4n) is 1.77. The van der Waals surface area contributed by atoms with Gasteiger partial charge in [0.2, 0.25) is 0 Å². The summed E-state index contributed by atoms with van der Waals surface area (Å²) >= 11 is 0. The highest BCUT2D eigenvalue weighted by molar-refractivity contribution is 5.60. The molecule has 88 valence electrons. The van der Waals surface area contributed by atoms with Gasteiger partial charge in [-0.15, -0.1) is 0 Å². The zero-order chi connectivity index (χ0) is 12.8. The minimum Gasteiger partial charge on any atom is -0.369 e. The summed E-state index contributed by atoms with van der Waals surface area (Å²) in [6.45, 7) is 7.39. The molecule has 0 N–H and O–H groups in total. The van der Waals surface area contributed by atoms with Crippen molar-refractivity contribution in [2.75, 3.05) is 18.0 Å². The molecular formula is C14H17N3. The highest BCUT2D eigenvalue weighted by Gasteiger charge is 2.12. The van der Waals surface area contributed by atoms with Gasteiger partial charge in [0.05, 0.1) is 23.2 Å². The van der Waals surface area contributed by atoms with Crippen molar-refractivity contribution in [1.29, 1.82) is 10.5 Å². The smallest absolute Gasteiger partial charge is 0.101 e. The second-order valence-electron chi connectivity index (χ2n) is 4.20. The van der Waals surface area contributed by atoms with Crippen LogP contribution < -0.4 is 4.90 Å². The molecule has 1 unspecified atom stereocenters. The van der Waals surface area contributed by atoms with Gasteiger partial charge in [-0.3, -0.25) is 0 Å². The van der Waals surface area contributed by atoms with Crippen molar-refractivity contribution in [3.8, 4) is 12.1 Å². The van der Waals surface area contributed by atoms with Crippen molar-refractivity contribution in [2.24, 2.45) is 5.92 Å². The summed E-state index contributed by atoms with van der Waals surface area (Å²) in [6.07, 6.45) is 0. The van der Waals surface area contributed by atoms with Crippen molar-refractivity contribution >= 4 is 5.69 Å². The van der Waals surface area contributed by atoms with Gasteiger partial charge in [0.15, 0.2) is 0 Å². The highest BCUT2D eigenvalue weighted by atomic mass is 15.1. The summed E-state index contributed by atoms with van der Waals surface area (Å²) in [5.41, 5.74) is 2.72. The third-order valence-electron chi connectivity index (χ3n) is 2.71. The molecule has 0 heterocycles. The second kappa shape index (κ2) is 5.92. The Morgan fingerprint density at radius 1 is 1.35 bits per heavy atom. The molecule has 1 aromatic carbocycles. The molecule has 0 saturated carbocycles. The fraction of sp³-hybridized carbons (Fsp3) is 0.429. The molecule has 0 aliphatic heterocycles. The van der Waals surface area contributed by atoms with E-state index < -0.39 is 0 Å². The van der Waals surface area contributed by atoms with Crippen LogP contribution in [-0.4, -0.2) is 13.1 Å². The van der Waals surface area contributed by atoms with E-state index in [-0.39, 0.29) is 5.92 Å². The first kappa shape index (κ1) is 13.1. The lowest BCUT2D eigenvalue weighted by Crippen LogP contribution is -2.28. The molecule has 0 amide bonds. The van der Waals surface area contributed by atoms with Crippen LogP contribution in [0.25, 0.3) is 0 Å². The minimum absolute atomic E-state index is 0.0398. The van der Waals surface area contributed by atoms with Crippen LogP contribution in [-0.2, 0) is 0 Å². The molecule has 0 aromatic heterocycles. The van der Waals surface area contributed by atoms with Gasteiger partial charge < -0.3 is 4.90 Å². The molecule has 0 aliphatic carbocycles. The number of aryl methyl sites for hydroxylation is 1. The van der Waals surface area contributed by atoms with E-state index in [1.165, 1.54) is 0 Å². The van der Waals surface area contributed by atoms with Gasteiger partial charge in [-0.05, 0) is 38.5 Å². The quantitative estimate of drug-likeness (QED) is 0.794. The molecule has 0 spiro atoms. The summed E-state index contributed by atoms with van der Waals surface area (Å²) in [6, 6.07) is 10.2. The molecule has 1 atom stereocenters. The van der Waals surface area contributed by atoms with Gasteiger partial charge >= 0.3 is 0 Å². The highest BCUT2D eigenvalue weighted by Crippen LogP contribution is 2.22. The molecule has 0 aliphatic rings. The van der Waals surface area contributed by atoms with Crippen molar-refractivity contribution in [1.82, 2.24) is 0 Å². The Kier molecular flexibility index (Phi) is 4.55. The predicted molar refractivity (Wildman–Crippen MR) is 68.6 cm³/mol. The molecule has 1 rings (SSSR count). The van der Waals surface area contributed by atoms with Crippen LogP contribution in [0.15, 0.2) is 18.2 Å². The molecule has 0 fully saturated rings. The Hall–Kier alpha value is -2.00. The summed E-state index contributed by atoms with van der Waals surface area (Å²) in [5, 5.41) is 18.0. The Labute approximate surface area is 103 Å². The Bertz CT molecular complexity index is 465. The molecule has 1 aromatic rings. The third kappa shape index (κ3) is 3.23. The van der Waals surface area contributed by atoms with Crippen LogP contribution in [0.1, 0.15) is 25.0 Å². The standard InChI is InChI=1S/C14H17N3/c1-4-17(10-12(3)8-15)14-7-11(2)5-6-13(14)9-16/h5-7,12H,4,10H2,1-3H3. The lowest BCUT2D eigenvalue weighted by atomic mass is 10.1. The Morgan fingerprint density at radius 3 is 2.59 bits per heavy atom. The van der Waals surface area contributed by atoms with E-state index in [4.69, 9.17) is 10.5 Å². The minimum atomic E-state index is -0.0398. The first-order valence-corrected chi connectivity index (χ1v) is 5.77. The van der Waals surface area contributed by atoms with E-state index in [9.17, 15) is 0 Å². The van der Waals surface area contributed by atoms with Gasteiger partial charge in [-0.2, -0.15) is 10.5 Å². The number of nitriles is 2. The van der Waals surface area contributed by atoms with Gasteiger partial charge in [-0.1, -0.05) is 6.07 Å². The van der Waals surface area contributed by atoms with E-state index in [0.717, 1.165) is 17.8 Å². The number of anilines is 1. The van der Waals surface area contributed by atoms with Crippen LogP contribution in [0.5, 0.6) is 0 Å². The fourth-order valence-corrected chi connectivity index (χ4v) is 1.77. The van der Waals surface area contributed by atoms with Crippen molar-refractivity contribution in [2.45, 2.75) is 20.8 Å². The van der Waals surface area contributed by atoms with Gasteiger partial charge in [0, 0.05) is 13.1 Å². The molecule has 0 radical (unpaired) electrons. The van der Waals surface area contributed by atoms with E-state index in [2.05, 4.69) is 17.0 Å². The zero-order valence-corrected chi connectivity index (χ0v) is 10.6. The van der Waals surface area contributed by atoms with Crippen LogP contribution in [0.3, 0.4) is 0 Å². The number of hydrogen-bond acceptors (Lipinski definition) is 3. The summed E-state index contributed by atoms with van der Waals surface area (Å²) in [4.78, 5) is 2.08. The van der Waals surface area contributed by atoms with Crippen LogP contribution in [0.4, 0.5) is 5.69 Å². The maximum Gasteiger partial charge on any atom is 0.101 e. The third-order valence-corrected chi connectivity index (χ3v) is 2.71. The first-order valence-electron chi connectivity index (χ1n) is 5.77. The Morgan fingerprint density at radius 2 is 2.06 bits per heavy atom. The average Bonchev–Trinajstić information content (AvgIpc) is 2.35. The van der Waals surface area contributed by atoms with Crippen LogP contribution >= 0.6 is 0 Å². The molecule has 3 heteroatoms. The number of hydrogen-bond donors (Lipinski definition) is 0. The Balaban J connectivity index is 3.07. The number of benzene rings is 1. The lowest BCUT2D eigenvalue weighted by molar-refractivity contribution is 0.685. The van der Waals surface area contributed by atoms with Gasteiger partial charge in [0.25, 0.3) is 0 Å². The topological polar surface area (TPSA) is 50.8 Å². The van der Waals surface area contributed by atoms with Crippen molar-refractivity contribution in [3.05, 3.63) is 29.3 Å². The maximum absolute atomic E-state index is 9.10. The van der Waals surface area contributed by atoms with E-state index in [1.54, 1.807) is 0 Å². The van der Waals surface area contributed by atoms with Crippen LogP contribution in [0.2, 0.25) is 0 Å². The second-order valence-corrected chi connectivity index (χ2v) is 4.20. The van der Waals surface area contributed by atoms with Gasteiger partial charge in [-0.25, -0.2) is 0 Å². The van der Waals surface area contributed by atoms with E-state index in [1.807, 2.05) is 39.0 Å². The SMILES string of the molecule is CCN(CC(C)C#N)c1cc(C)ccc1C#N. The van der Waals surface area contributed by atoms with Crippen molar-refractivity contribution < 1.29 is 0 Å². The normalized spacial score (nSPS) is 11.4. The number of rotatable bonds is 4. The maximum atomic E-state index is 9.10. The molecular weight excluding hydrogens is 210 g/mol. The lowest BCUT2D eigenvalue weighted by Gasteiger charge is -2.25. The summed E-state index contributed by atoms with van der Waals surface area (Å²) in [7, 11) is 0. The first-order chi connectivity index (χ1) is 8.12. The molecule has 3 nitrogen and oxygen atoms in total. The monoisotopic (exact) mass is 227 g/mol. The predicted octanol–water partition coefficient (Wildman–Crippen LogP) is 2.85. The molecule has 17 heavy (non-hydrogen) atoms. The number of nitrogens with zero attached hydrogens (tertiary/aromatic N) is 3. The van der Waals surface area contributed by atoms with Crippen LogP contribution in [0, 0.1) is 35.5 Å². The van der Waals surface area contributed by atoms with E-state index >= 15 is 0 Å². The largest absolute Gasteiger partial charge is 0.369 e. The van der Waals surface area contributed by atoms with Gasteiger partial charge in [0.1, 0.15) is 6.07 Å². The zero-order valence-electron chi connectivity index (χ0n) is 10.6. The average molecular weight is 227 g/mol.